The number of nitrogens with zero attached hydrogens (tertiary/aromatic N) is 1. The van der Waals surface area contributed by atoms with Crippen LogP contribution in [0.3, 0.4) is 0 Å². The van der Waals surface area contributed by atoms with Crippen LogP contribution in [0.1, 0.15) is 19.4 Å². The summed E-state index contributed by atoms with van der Waals surface area (Å²) < 4.78 is 0. The highest BCUT2D eigenvalue weighted by molar-refractivity contribution is 5.82. The molecule has 4 N–H and O–H groups in total. The van der Waals surface area contributed by atoms with Crippen molar-refractivity contribution in [1.82, 2.24) is 4.90 Å². The Morgan fingerprint density at radius 3 is 2.55 bits per heavy atom. The SMILES string of the molecule is C=CCN(C(=O)[C@@H](N)Cc1ccc(O)c(O)c1)C(C)C. The van der Waals surface area contributed by atoms with Crippen molar-refractivity contribution in [1.29, 1.82) is 0 Å². The molecule has 0 heterocycles. The average molecular weight is 278 g/mol. The van der Waals surface area contributed by atoms with Gasteiger partial charge in [0, 0.05) is 12.6 Å². The van der Waals surface area contributed by atoms with Crippen LogP contribution in [-0.4, -0.2) is 39.6 Å². The van der Waals surface area contributed by atoms with Gasteiger partial charge in [0.05, 0.1) is 6.04 Å². The van der Waals surface area contributed by atoms with Gasteiger partial charge in [-0.1, -0.05) is 12.1 Å². The second kappa shape index (κ2) is 6.96. The highest BCUT2D eigenvalue weighted by Gasteiger charge is 2.22. The Morgan fingerprint density at radius 1 is 1.40 bits per heavy atom. The van der Waals surface area contributed by atoms with Crippen molar-refractivity contribution in [3.8, 4) is 11.5 Å². The van der Waals surface area contributed by atoms with E-state index in [9.17, 15) is 15.0 Å². The predicted molar refractivity (Wildman–Crippen MR) is 78.5 cm³/mol. The zero-order chi connectivity index (χ0) is 15.3. The topological polar surface area (TPSA) is 86.8 Å². The standard InChI is InChI=1S/C15H22N2O3/c1-4-7-17(10(2)3)15(20)12(16)8-11-5-6-13(18)14(19)9-11/h4-6,9-10,12,18-19H,1,7-8,16H2,2-3H3/t12-/m0/s1. The largest absolute Gasteiger partial charge is 0.504 e. The zero-order valence-corrected chi connectivity index (χ0v) is 11.9. The molecule has 0 aliphatic carbocycles. The van der Waals surface area contributed by atoms with Gasteiger partial charge in [0.15, 0.2) is 11.5 Å². The molecule has 1 amide bonds. The highest BCUT2D eigenvalue weighted by atomic mass is 16.3. The first-order valence-corrected chi connectivity index (χ1v) is 6.54. The lowest BCUT2D eigenvalue weighted by molar-refractivity contribution is -0.133. The van der Waals surface area contributed by atoms with Crippen LogP contribution in [0.5, 0.6) is 11.5 Å². The van der Waals surface area contributed by atoms with Crippen molar-refractivity contribution >= 4 is 5.91 Å². The quantitative estimate of drug-likeness (QED) is 0.542. The Labute approximate surface area is 119 Å². The summed E-state index contributed by atoms with van der Waals surface area (Å²) in [5, 5.41) is 18.7. The van der Waals surface area contributed by atoms with Crippen LogP contribution in [-0.2, 0) is 11.2 Å². The second-order valence-electron chi connectivity index (χ2n) is 5.01. The molecule has 0 spiro atoms. The number of phenolic OH excluding ortho intramolecular Hbond substituents is 2. The van der Waals surface area contributed by atoms with Gasteiger partial charge in [0.25, 0.3) is 0 Å². The minimum absolute atomic E-state index is 0.0415. The maximum atomic E-state index is 12.3. The summed E-state index contributed by atoms with van der Waals surface area (Å²) in [6.45, 7) is 7.92. The second-order valence-corrected chi connectivity index (χ2v) is 5.01. The van der Waals surface area contributed by atoms with Gasteiger partial charge in [-0.05, 0) is 38.0 Å². The van der Waals surface area contributed by atoms with Crippen LogP contribution in [0.25, 0.3) is 0 Å². The number of carbonyl (C=O) groups is 1. The molecule has 110 valence electrons. The molecule has 1 atom stereocenters. The Bertz CT molecular complexity index is 486. The van der Waals surface area contributed by atoms with Gasteiger partial charge in [-0.2, -0.15) is 0 Å². The minimum atomic E-state index is -0.693. The Balaban J connectivity index is 2.78. The van der Waals surface area contributed by atoms with E-state index < -0.39 is 6.04 Å². The number of hydrogen-bond acceptors (Lipinski definition) is 4. The summed E-state index contributed by atoms with van der Waals surface area (Å²) in [7, 11) is 0. The molecule has 1 rings (SSSR count). The molecule has 1 aromatic carbocycles. The van der Waals surface area contributed by atoms with Crippen LogP contribution in [0, 0.1) is 0 Å². The third kappa shape index (κ3) is 3.99. The molecule has 0 aliphatic heterocycles. The normalized spacial score (nSPS) is 12.2. The van der Waals surface area contributed by atoms with E-state index in [1.54, 1.807) is 17.0 Å². The van der Waals surface area contributed by atoms with Crippen LogP contribution in [0.15, 0.2) is 30.9 Å². The fraction of sp³-hybridized carbons (Fsp3) is 0.400. The smallest absolute Gasteiger partial charge is 0.240 e. The van der Waals surface area contributed by atoms with E-state index in [4.69, 9.17) is 5.73 Å². The van der Waals surface area contributed by atoms with Crippen molar-refractivity contribution in [2.24, 2.45) is 5.73 Å². The first-order chi connectivity index (χ1) is 9.36. The van der Waals surface area contributed by atoms with E-state index in [1.807, 2.05) is 13.8 Å². The molecule has 0 radical (unpaired) electrons. The summed E-state index contributed by atoms with van der Waals surface area (Å²) >= 11 is 0. The summed E-state index contributed by atoms with van der Waals surface area (Å²) in [5.74, 6) is -0.564. The van der Waals surface area contributed by atoms with Crippen LogP contribution >= 0.6 is 0 Å². The molecule has 20 heavy (non-hydrogen) atoms. The van der Waals surface area contributed by atoms with Crippen molar-refractivity contribution in [2.75, 3.05) is 6.54 Å². The number of aromatic hydroxyl groups is 2. The molecule has 0 aromatic heterocycles. The number of phenols is 2. The van der Waals surface area contributed by atoms with E-state index in [0.29, 0.717) is 18.5 Å². The van der Waals surface area contributed by atoms with E-state index in [-0.39, 0.29) is 23.4 Å². The summed E-state index contributed by atoms with van der Waals surface area (Å²) in [5.41, 5.74) is 6.63. The van der Waals surface area contributed by atoms with Crippen LogP contribution in [0.4, 0.5) is 0 Å². The van der Waals surface area contributed by atoms with Gasteiger partial charge >= 0.3 is 0 Å². The monoisotopic (exact) mass is 278 g/mol. The fourth-order valence-corrected chi connectivity index (χ4v) is 1.94. The van der Waals surface area contributed by atoms with E-state index in [2.05, 4.69) is 6.58 Å². The van der Waals surface area contributed by atoms with Gasteiger partial charge in [-0.15, -0.1) is 6.58 Å². The molecular formula is C15H22N2O3. The van der Waals surface area contributed by atoms with Crippen molar-refractivity contribution in [2.45, 2.75) is 32.4 Å². The highest BCUT2D eigenvalue weighted by Crippen LogP contribution is 2.25. The van der Waals surface area contributed by atoms with E-state index in [0.717, 1.165) is 0 Å². The molecule has 1 aromatic rings. The lowest BCUT2D eigenvalue weighted by atomic mass is 10.0. The third-order valence-corrected chi connectivity index (χ3v) is 3.04. The van der Waals surface area contributed by atoms with Crippen LogP contribution < -0.4 is 5.73 Å². The lowest BCUT2D eigenvalue weighted by Gasteiger charge is -2.28. The molecule has 0 bridgehead atoms. The summed E-state index contributed by atoms with van der Waals surface area (Å²) in [6.07, 6.45) is 1.96. The first kappa shape index (κ1) is 16.0. The predicted octanol–water partition coefficient (Wildman–Crippen LogP) is 1.39. The third-order valence-electron chi connectivity index (χ3n) is 3.04. The maximum absolute atomic E-state index is 12.3. The van der Waals surface area contributed by atoms with Crippen molar-refractivity contribution < 1.29 is 15.0 Å². The van der Waals surface area contributed by atoms with Crippen molar-refractivity contribution in [3.63, 3.8) is 0 Å². The Morgan fingerprint density at radius 2 is 2.05 bits per heavy atom. The number of benzene rings is 1. The Hall–Kier alpha value is -2.01. The molecule has 0 saturated heterocycles. The minimum Gasteiger partial charge on any atom is -0.504 e. The van der Waals surface area contributed by atoms with Crippen LogP contribution in [0.2, 0.25) is 0 Å². The maximum Gasteiger partial charge on any atom is 0.240 e. The number of carbonyl (C=O) groups excluding carboxylic acids is 1. The van der Waals surface area contributed by atoms with E-state index in [1.165, 1.54) is 12.1 Å². The van der Waals surface area contributed by atoms with Gasteiger partial charge in [-0.3, -0.25) is 4.79 Å². The molecule has 5 heteroatoms. The first-order valence-electron chi connectivity index (χ1n) is 6.54. The number of rotatable bonds is 6. The molecule has 5 nitrogen and oxygen atoms in total. The zero-order valence-electron chi connectivity index (χ0n) is 11.9. The molecule has 0 saturated carbocycles. The molecule has 0 aliphatic rings. The molecular weight excluding hydrogens is 256 g/mol. The van der Waals surface area contributed by atoms with Gasteiger partial charge in [-0.25, -0.2) is 0 Å². The lowest BCUT2D eigenvalue weighted by Crippen LogP contribution is -2.47. The summed E-state index contributed by atoms with van der Waals surface area (Å²) in [6, 6.07) is 3.78. The van der Waals surface area contributed by atoms with Crippen molar-refractivity contribution in [3.05, 3.63) is 36.4 Å². The summed E-state index contributed by atoms with van der Waals surface area (Å²) in [4.78, 5) is 13.9. The number of nitrogens with two attached hydrogens (primary N) is 1. The van der Waals surface area contributed by atoms with Gasteiger partial charge < -0.3 is 20.8 Å². The number of amides is 1. The van der Waals surface area contributed by atoms with Gasteiger partial charge in [0.2, 0.25) is 5.91 Å². The Kier molecular flexibility index (Phi) is 5.58. The molecule has 0 unspecified atom stereocenters. The van der Waals surface area contributed by atoms with Gasteiger partial charge in [0.1, 0.15) is 0 Å². The number of hydrogen-bond donors (Lipinski definition) is 3. The fourth-order valence-electron chi connectivity index (χ4n) is 1.94. The molecule has 0 fully saturated rings. The van der Waals surface area contributed by atoms with E-state index >= 15 is 0 Å². The average Bonchev–Trinajstić information content (AvgIpc) is 2.39.